The zero-order valence-corrected chi connectivity index (χ0v) is 12.8. The lowest BCUT2D eigenvalue weighted by molar-refractivity contribution is -0.142. The van der Waals surface area contributed by atoms with Crippen molar-refractivity contribution in [3.63, 3.8) is 0 Å². The number of hydrogen-bond donors (Lipinski definition) is 0. The topological polar surface area (TPSA) is 66.9 Å². The molecule has 1 aliphatic rings. The molecule has 1 heterocycles. The van der Waals surface area contributed by atoms with Crippen LogP contribution in [0.25, 0.3) is 0 Å². The molecule has 0 aliphatic carbocycles. The van der Waals surface area contributed by atoms with Crippen LogP contribution in [-0.2, 0) is 19.6 Å². The van der Waals surface area contributed by atoms with Crippen molar-refractivity contribution in [1.82, 2.24) is 9.21 Å². The van der Waals surface area contributed by atoms with Crippen LogP contribution in [-0.4, -0.2) is 69.7 Å². The predicted octanol–water partition coefficient (Wildman–Crippen LogP) is 0.153. The van der Waals surface area contributed by atoms with Crippen molar-refractivity contribution in [2.75, 3.05) is 46.1 Å². The van der Waals surface area contributed by atoms with Gasteiger partial charge in [-0.25, -0.2) is 12.7 Å². The van der Waals surface area contributed by atoms with Crippen LogP contribution in [0.4, 0.5) is 0 Å². The molecule has 112 valence electrons. The lowest BCUT2D eigenvalue weighted by Gasteiger charge is -2.33. The van der Waals surface area contributed by atoms with Gasteiger partial charge in [0.2, 0.25) is 10.0 Å². The van der Waals surface area contributed by atoms with Crippen molar-refractivity contribution in [1.29, 1.82) is 0 Å². The summed E-state index contributed by atoms with van der Waals surface area (Å²) in [6.45, 7) is 4.90. The first kappa shape index (κ1) is 16.4. The van der Waals surface area contributed by atoms with Crippen LogP contribution in [0.3, 0.4) is 0 Å². The largest absolute Gasteiger partial charge is 0.468 e. The summed E-state index contributed by atoms with van der Waals surface area (Å²) in [6, 6.07) is 0. The maximum absolute atomic E-state index is 11.5. The molecule has 0 spiro atoms. The quantitative estimate of drug-likeness (QED) is 0.652. The fraction of sp³-hybridized carbons (Fsp3) is 0.917. The molecule has 0 amide bonds. The Morgan fingerprint density at radius 1 is 1.47 bits per heavy atom. The summed E-state index contributed by atoms with van der Waals surface area (Å²) in [4.78, 5) is 13.3. The molecule has 0 aromatic carbocycles. The zero-order valence-electron chi connectivity index (χ0n) is 12.0. The van der Waals surface area contributed by atoms with E-state index in [1.54, 1.807) is 0 Å². The average molecular weight is 292 g/mol. The van der Waals surface area contributed by atoms with Gasteiger partial charge in [0.25, 0.3) is 0 Å². The first-order chi connectivity index (χ1) is 8.86. The predicted molar refractivity (Wildman–Crippen MR) is 73.3 cm³/mol. The Kier molecular flexibility index (Phi) is 6.22. The number of rotatable bonds is 6. The molecule has 6 nitrogen and oxygen atoms in total. The van der Waals surface area contributed by atoms with Gasteiger partial charge in [0.05, 0.1) is 19.9 Å². The van der Waals surface area contributed by atoms with Gasteiger partial charge in [0, 0.05) is 19.6 Å². The minimum atomic E-state index is -3.11. The number of sulfonamides is 1. The van der Waals surface area contributed by atoms with Crippen molar-refractivity contribution >= 4 is 16.0 Å². The molecule has 1 unspecified atom stereocenters. The summed E-state index contributed by atoms with van der Waals surface area (Å²) in [5.41, 5.74) is 0. The van der Waals surface area contributed by atoms with E-state index in [1.807, 2.05) is 11.8 Å². The highest BCUT2D eigenvalue weighted by molar-refractivity contribution is 7.88. The van der Waals surface area contributed by atoms with E-state index >= 15 is 0 Å². The van der Waals surface area contributed by atoms with Crippen LogP contribution in [0.5, 0.6) is 0 Å². The molecule has 0 N–H and O–H groups in total. The number of methoxy groups -OCH3 is 1. The molecule has 1 rings (SSSR count). The van der Waals surface area contributed by atoms with Crippen molar-refractivity contribution in [2.24, 2.45) is 5.92 Å². The summed E-state index contributed by atoms with van der Waals surface area (Å²) in [5.74, 6) is 0.0331. The first-order valence-electron chi connectivity index (χ1n) is 6.61. The summed E-state index contributed by atoms with van der Waals surface area (Å²) in [5, 5.41) is 0. The van der Waals surface area contributed by atoms with Gasteiger partial charge in [-0.15, -0.1) is 0 Å². The Morgan fingerprint density at radius 3 is 2.68 bits per heavy atom. The molecule has 19 heavy (non-hydrogen) atoms. The molecular formula is C12H24N2O4S. The Morgan fingerprint density at radius 2 is 2.16 bits per heavy atom. The summed E-state index contributed by atoms with van der Waals surface area (Å²) in [6.07, 6.45) is 3.14. The Hall–Kier alpha value is -0.660. The molecule has 0 bridgehead atoms. The molecule has 1 atom stereocenters. The van der Waals surface area contributed by atoms with Gasteiger partial charge in [0.1, 0.15) is 0 Å². The molecule has 0 aromatic rings. The number of likely N-dealkylation sites (N-methyl/N-ethyl adjacent to an activating group) is 1. The standard InChI is InChI=1S/C12H24N2O4S/c1-4-13(10-12(15)18-2)8-11-6-5-7-14(9-11)19(3,16)17/h11H,4-10H2,1-3H3. The molecule has 0 radical (unpaired) electrons. The van der Waals surface area contributed by atoms with Crippen LogP contribution in [0, 0.1) is 5.92 Å². The van der Waals surface area contributed by atoms with Gasteiger partial charge in [-0.2, -0.15) is 0 Å². The van der Waals surface area contributed by atoms with Crippen LogP contribution in [0.15, 0.2) is 0 Å². The third kappa shape index (κ3) is 5.46. The third-order valence-electron chi connectivity index (χ3n) is 3.49. The van der Waals surface area contributed by atoms with Gasteiger partial charge in [-0.1, -0.05) is 6.92 Å². The van der Waals surface area contributed by atoms with Crippen LogP contribution >= 0.6 is 0 Å². The van der Waals surface area contributed by atoms with Gasteiger partial charge in [-0.3, -0.25) is 9.69 Å². The van der Waals surface area contributed by atoms with Gasteiger partial charge in [0.15, 0.2) is 0 Å². The number of carbonyl (C=O) groups excluding carboxylic acids is 1. The fourth-order valence-corrected chi connectivity index (χ4v) is 3.34. The number of nitrogens with zero attached hydrogens (tertiary/aromatic N) is 2. The third-order valence-corrected chi connectivity index (χ3v) is 4.76. The maximum Gasteiger partial charge on any atom is 0.319 e. The molecule has 0 saturated carbocycles. The highest BCUT2D eigenvalue weighted by Crippen LogP contribution is 2.19. The molecule has 1 saturated heterocycles. The van der Waals surface area contributed by atoms with Crippen molar-refractivity contribution in [2.45, 2.75) is 19.8 Å². The zero-order chi connectivity index (χ0) is 14.5. The van der Waals surface area contributed by atoms with E-state index in [4.69, 9.17) is 0 Å². The highest BCUT2D eigenvalue weighted by Gasteiger charge is 2.27. The smallest absolute Gasteiger partial charge is 0.319 e. The normalized spacial score (nSPS) is 21.6. The minimum absolute atomic E-state index is 0.252. The van der Waals surface area contributed by atoms with E-state index in [2.05, 4.69) is 4.74 Å². The van der Waals surface area contributed by atoms with E-state index < -0.39 is 10.0 Å². The van der Waals surface area contributed by atoms with Crippen LogP contribution in [0.1, 0.15) is 19.8 Å². The monoisotopic (exact) mass is 292 g/mol. The number of ether oxygens (including phenoxy) is 1. The molecular weight excluding hydrogens is 268 g/mol. The van der Waals surface area contributed by atoms with Crippen LogP contribution < -0.4 is 0 Å². The van der Waals surface area contributed by atoms with E-state index in [-0.39, 0.29) is 18.4 Å². The number of piperidine rings is 1. The Bertz CT molecular complexity index is 397. The number of carbonyl (C=O) groups is 1. The summed E-state index contributed by atoms with van der Waals surface area (Å²) >= 11 is 0. The Balaban J connectivity index is 2.53. The second kappa shape index (κ2) is 7.21. The van der Waals surface area contributed by atoms with Gasteiger partial charge < -0.3 is 4.74 Å². The molecule has 1 fully saturated rings. The van der Waals surface area contributed by atoms with Crippen molar-refractivity contribution in [3.05, 3.63) is 0 Å². The van der Waals surface area contributed by atoms with Gasteiger partial charge >= 0.3 is 5.97 Å². The Labute approximate surface area is 115 Å². The first-order valence-corrected chi connectivity index (χ1v) is 8.46. The lowest BCUT2D eigenvalue weighted by atomic mass is 9.99. The summed E-state index contributed by atoms with van der Waals surface area (Å²) in [7, 11) is -1.73. The minimum Gasteiger partial charge on any atom is -0.468 e. The maximum atomic E-state index is 11.5. The van der Waals surface area contributed by atoms with Gasteiger partial charge in [-0.05, 0) is 25.3 Å². The number of hydrogen-bond acceptors (Lipinski definition) is 5. The van der Waals surface area contributed by atoms with E-state index in [1.165, 1.54) is 17.7 Å². The second-order valence-corrected chi connectivity index (χ2v) is 7.02. The van der Waals surface area contributed by atoms with E-state index in [9.17, 15) is 13.2 Å². The molecule has 1 aliphatic heterocycles. The van der Waals surface area contributed by atoms with Crippen molar-refractivity contribution in [3.8, 4) is 0 Å². The highest BCUT2D eigenvalue weighted by atomic mass is 32.2. The fourth-order valence-electron chi connectivity index (χ4n) is 2.39. The van der Waals surface area contributed by atoms with Crippen LogP contribution in [0.2, 0.25) is 0 Å². The van der Waals surface area contributed by atoms with Crippen molar-refractivity contribution < 1.29 is 17.9 Å². The number of esters is 1. The van der Waals surface area contributed by atoms with E-state index in [0.717, 1.165) is 25.9 Å². The lowest BCUT2D eigenvalue weighted by Crippen LogP contribution is -2.44. The summed E-state index contributed by atoms with van der Waals surface area (Å²) < 4.78 is 29.3. The molecule has 7 heteroatoms. The average Bonchev–Trinajstić information content (AvgIpc) is 2.37. The molecule has 0 aromatic heterocycles. The SMILES string of the molecule is CCN(CC(=O)OC)CC1CCCN(S(C)(=O)=O)C1. The second-order valence-electron chi connectivity index (χ2n) is 5.03. The van der Waals surface area contributed by atoms with E-state index in [0.29, 0.717) is 13.1 Å².